The maximum absolute atomic E-state index is 13.3. The molecule has 0 saturated carbocycles. The van der Waals surface area contributed by atoms with Gasteiger partial charge >= 0.3 is 0 Å². The van der Waals surface area contributed by atoms with E-state index in [2.05, 4.69) is 10.6 Å². The van der Waals surface area contributed by atoms with E-state index in [1.807, 2.05) is 0 Å². The Hall–Kier alpha value is -4.79. The van der Waals surface area contributed by atoms with Crippen LogP contribution in [0.15, 0.2) is 84.6 Å². The van der Waals surface area contributed by atoms with E-state index in [-0.39, 0.29) is 22.9 Å². The summed E-state index contributed by atoms with van der Waals surface area (Å²) in [5.41, 5.74) is 1.90. The molecule has 0 spiro atoms. The summed E-state index contributed by atoms with van der Waals surface area (Å²) in [6, 6.07) is 20.6. The number of carbonyl (C=O) groups excluding carboxylic acids is 3. The number of nitrogens with zero attached hydrogens (tertiary/aromatic N) is 2. The fraction of sp³-hybridized carbons (Fsp3) is 0.0417. The highest BCUT2D eigenvalue weighted by Crippen LogP contribution is 2.34. The van der Waals surface area contributed by atoms with Crippen molar-refractivity contribution >= 4 is 46.0 Å². The molecular weight excluding hydrogens is 424 g/mol. The molecule has 3 aromatic carbocycles. The molecule has 4 rings (SSSR count). The highest BCUT2D eigenvalue weighted by atomic mass is 16.6. The van der Waals surface area contributed by atoms with Crippen LogP contribution in [0.25, 0.3) is 5.57 Å². The lowest BCUT2D eigenvalue weighted by atomic mass is 10.0. The third-order valence-electron chi connectivity index (χ3n) is 4.94. The van der Waals surface area contributed by atoms with Crippen LogP contribution in [0.5, 0.6) is 0 Å². The van der Waals surface area contributed by atoms with Crippen molar-refractivity contribution in [2.24, 2.45) is 0 Å². The smallest absolute Gasteiger partial charge is 0.282 e. The Kier molecular flexibility index (Phi) is 5.69. The molecule has 0 fully saturated rings. The Balaban J connectivity index is 1.75. The van der Waals surface area contributed by atoms with Crippen LogP contribution in [0.2, 0.25) is 0 Å². The zero-order valence-electron chi connectivity index (χ0n) is 17.4. The number of benzene rings is 3. The summed E-state index contributed by atoms with van der Waals surface area (Å²) in [6.45, 7) is 1.40. The topological polar surface area (TPSA) is 122 Å². The number of nitro groups is 1. The van der Waals surface area contributed by atoms with E-state index in [0.717, 1.165) is 4.90 Å². The van der Waals surface area contributed by atoms with Crippen LogP contribution in [-0.4, -0.2) is 22.6 Å². The number of anilines is 3. The van der Waals surface area contributed by atoms with Crippen molar-refractivity contribution in [2.45, 2.75) is 6.92 Å². The first kappa shape index (κ1) is 21.4. The molecule has 0 saturated heterocycles. The van der Waals surface area contributed by atoms with E-state index in [4.69, 9.17) is 0 Å². The summed E-state index contributed by atoms with van der Waals surface area (Å²) in [5.74, 6) is -1.31. The van der Waals surface area contributed by atoms with Gasteiger partial charge < -0.3 is 10.6 Å². The maximum atomic E-state index is 13.3. The molecule has 9 nitrogen and oxygen atoms in total. The van der Waals surface area contributed by atoms with E-state index >= 15 is 0 Å². The van der Waals surface area contributed by atoms with Crippen molar-refractivity contribution in [3.63, 3.8) is 0 Å². The van der Waals surface area contributed by atoms with Crippen LogP contribution in [0.4, 0.5) is 22.7 Å². The molecule has 1 heterocycles. The van der Waals surface area contributed by atoms with Gasteiger partial charge in [-0.15, -0.1) is 0 Å². The van der Waals surface area contributed by atoms with Crippen molar-refractivity contribution in [3.8, 4) is 0 Å². The molecule has 0 aromatic heterocycles. The Labute approximate surface area is 188 Å². The van der Waals surface area contributed by atoms with E-state index in [1.54, 1.807) is 54.6 Å². The molecule has 33 heavy (non-hydrogen) atoms. The summed E-state index contributed by atoms with van der Waals surface area (Å²) in [6.07, 6.45) is 0. The lowest BCUT2D eigenvalue weighted by molar-refractivity contribution is -0.384. The number of nitrogens with one attached hydrogen (secondary N) is 2. The van der Waals surface area contributed by atoms with Gasteiger partial charge in [0.25, 0.3) is 17.5 Å². The molecule has 0 radical (unpaired) electrons. The predicted octanol–water partition coefficient (Wildman–Crippen LogP) is 3.95. The summed E-state index contributed by atoms with van der Waals surface area (Å²) in [5, 5.41) is 16.7. The SMILES string of the molecule is CC(=O)Nc1ccc(NC2=C(c3ccc([N+](=O)[O-])cc3)C(=O)N(c3ccccc3)C2=O)cc1. The number of rotatable bonds is 6. The summed E-state index contributed by atoms with van der Waals surface area (Å²) in [7, 11) is 0. The monoisotopic (exact) mass is 442 g/mol. The Morgan fingerprint density at radius 1 is 0.848 bits per heavy atom. The number of non-ortho nitro benzene ring substituents is 1. The fourth-order valence-electron chi connectivity index (χ4n) is 3.46. The first-order chi connectivity index (χ1) is 15.8. The van der Waals surface area contributed by atoms with Crippen molar-refractivity contribution in [2.75, 3.05) is 15.5 Å². The molecule has 3 aromatic rings. The van der Waals surface area contributed by atoms with E-state index in [9.17, 15) is 24.5 Å². The minimum atomic E-state index is -0.550. The van der Waals surface area contributed by atoms with Gasteiger partial charge in [-0.3, -0.25) is 24.5 Å². The lowest BCUT2D eigenvalue weighted by Crippen LogP contribution is -2.32. The number of para-hydroxylation sites is 1. The number of hydrogen-bond acceptors (Lipinski definition) is 6. The number of amides is 3. The van der Waals surface area contributed by atoms with Gasteiger partial charge in [-0.25, -0.2) is 4.90 Å². The molecule has 1 aliphatic heterocycles. The van der Waals surface area contributed by atoms with Crippen molar-refractivity contribution in [1.82, 2.24) is 0 Å². The standard InChI is InChI=1S/C24H18N4O5/c1-15(29)25-17-9-11-18(12-10-17)26-22-21(16-7-13-20(14-8-16)28(32)33)23(30)27(24(22)31)19-5-3-2-4-6-19/h2-14,26H,1H3,(H,25,29). The zero-order chi connectivity index (χ0) is 23.5. The zero-order valence-corrected chi connectivity index (χ0v) is 17.4. The van der Waals surface area contributed by atoms with E-state index in [0.29, 0.717) is 22.6 Å². The van der Waals surface area contributed by atoms with Crippen LogP contribution in [0.1, 0.15) is 12.5 Å². The van der Waals surface area contributed by atoms with E-state index in [1.165, 1.54) is 31.2 Å². The van der Waals surface area contributed by atoms with Crippen molar-refractivity contribution in [1.29, 1.82) is 0 Å². The lowest BCUT2D eigenvalue weighted by Gasteiger charge is -2.15. The van der Waals surface area contributed by atoms with Gasteiger partial charge in [0.1, 0.15) is 5.70 Å². The number of carbonyl (C=O) groups is 3. The van der Waals surface area contributed by atoms with Gasteiger partial charge in [-0.1, -0.05) is 18.2 Å². The molecule has 0 bridgehead atoms. The second kappa shape index (κ2) is 8.75. The molecule has 0 aliphatic carbocycles. The molecule has 1 aliphatic rings. The Bertz CT molecular complexity index is 1280. The van der Waals surface area contributed by atoms with Gasteiger partial charge in [0, 0.05) is 30.4 Å². The number of hydrogen-bond donors (Lipinski definition) is 2. The summed E-state index contributed by atoms with van der Waals surface area (Å²) >= 11 is 0. The highest BCUT2D eigenvalue weighted by molar-refractivity contribution is 6.46. The van der Waals surface area contributed by atoms with Gasteiger partial charge in [-0.05, 0) is 54.1 Å². The summed E-state index contributed by atoms with van der Waals surface area (Å²) in [4.78, 5) is 49.4. The van der Waals surface area contributed by atoms with Crippen LogP contribution in [0.3, 0.4) is 0 Å². The minimum absolute atomic E-state index is 0.0463. The molecule has 9 heteroatoms. The van der Waals surface area contributed by atoms with Gasteiger partial charge in [0.2, 0.25) is 5.91 Å². The summed E-state index contributed by atoms with van der Waals surface area (Å²) < 4.78 is 0. The van der Waals surface area contributed by atoms with Crippen LogP contribution < -0.4 is 15.5 Å². The first-order valence-electron chi connectivity index (χ1n) is 9.93. The van der Waals surface area contributed by atoms with Crippen LogP contribution in [-0.2, 0) is 14.4 Å². The Morgan fingerprint density at radius 3 is 2.03 bits per heavy atom. The third-order valence-corrected chi connectivity index (χ3v) is 4.94. The average Bonchev–Trinajstić information content (AvgIpc) is 3.04. The van der Waals surface area contributed by atoms with Crippen molar-refractivity contribution < 1.29 is 19.3 Å². The van der Waals surface area contributed by atoms with Gasteiger partial charge in [-0.2, -0.15) is 0 Å². The molecule has 164 valence electrons. The molecule has 2 N–H and O–H groups in total. The normalized spacial score (nSPS) is 13.3. The van der Waals surface area contributed by atoms with Crippen LogP contribution in [0, 0.1) is 10.1 Å². The van der Waals surface area contributed by atoms with Gasteiger partial charge in [0.05, 0.1) is 16.2 Å². The average molecular weight is 442 g/mol. The largest absolute Gasteiger partial charge is 0.350 e. The first-order valence-corrected chi connectivity index (χ1v) is 9.93. The number of nitro benzene ring substituents is 1. The predicted molar refractivity (Wildman–Crippen MR) is 123 cm³/mol. The maximum Gasteiger partial charge on any atom is 0.282 e. The Morgan fingerprint density at radius 2 is 1.45 bits per heavy atom. The molecule has 0 atom stereocenters. The fourth-order valence-corrected chi connectivity index (χ4v) is 3.46. The molecular formula is C24H18N4O5. The second-order valence-electron chi connectivity index (χ2n) is 7.22. The second-order valence-corrected chi connectivity index (χ2v) is 7.22. The van der Waals surface area contributed by atoms with E-state index < -0.39 is 16.7 Å². The number of imide groups is 1. The molecule has 0 unspecified atom stereocenters. The van der Waals surface area contributed by atoms with Crippen molar-refractivity contribution in [3.05, 3.63) is 100 Å². The third kappa shape index (κ3) is 4.33. The van der Waals surface area contributed by atoms with Gasteiger partial charge in [0.15, 0.2) is 0 Å². The van der Waals surface area contributed by atoms with Crippen LogP contribution >= 0.6 is 0 Å². The molecule has 3 amide bonds. The quantitative estimate of drug-likeness (QED) is 0.339. The minimum Gasteiger partial charge on any atom is -0.350 e. The highest BCUT2D eigenvalue weighted by Gasteiger charge is 2.40.